The summed E-state index contributed by atoms with van der Waals surface area (Å²) in [6.07, 6.45) is 10.0. The first kappa shape index (κ1) is 14.7. The minimum Gasteiger partial charge on any atom is -0.337 e. The summed E-state index contributed by atoms with van der Waals surface area (Å²) in [6.45, 7) is 4.19. The molecule has 0 aliphatic carbocycles. The monoisotopic (exact) mass is 312 g/mol. The van der Waals surface area contributed by atoms with E-state index in [1.165, 1.54) is 32.4 Å². The van der Waals surface area contributed by atoms with E-state index < -0.39 is 0 Å². The van der Waals surface area contributed by atoms with E-state index in [1.807, 2.05) is 39.9 Å². The van der Waals surface area contributed by atoms with Crippen molar-refractivity contribution in [1.82, 2.24) is 19.2 Å². The zero-order chi connectivity index (χ0) is 15.6. The molecule has 2 saturated heterocycles. The fourth-order valence-electron chi connectivity index (χ4n) is 3.92. The van der Waals surface area contributed by atoms with Crippen LogP contribution in [0.15, 0.2) is 30.6 Å². The van der Waals surface area contributed by atoms with Crippen molar-refractivity contribution in [2.45, 2.75) is 38.1 Å². The van der Waals surface area contributed by atoms with Gasteiger partial charge in [0.2, 0.25) is 0 Å². The molecule has 0 bridgehead atoms. The third kappa shape index (κ3) is 2.98. The number of carbonyl (C=O) groups is 1. The number of aromatic nitrogens is 2. The van der Waals surface area contributed by atoms with Crippen LogP contribution in [0.1, 0.15) is 42.6 Å². The standard InChI is InChI=1S/C18H24N4O/c23-18(16-14-22-11-5-2-6-17(22)19-16)21-12-7-15(8-13-21)20-9-3-1-4-10-20/h2,5-6,11,14-15H,1,3-4,7-10,12-13H2. The van der Waals surface area contributed by atoms with E-state index in [0.717, 1.165) is 31.6 Å². The van der Waals surface area contributed by atoms with E-state index in [9.17, 15) is 4.79 Å². The quantitative estimate of drug-likeness (QED) is 0.855. The van der Waals surface area contributed by atoms with Crippen LogP contribution < -0.4 is 0 Å². The molecule has 5 heteroatoms. The average Bonchev–Trinajstić information content (AvgIpc) is 3.06. The maximum atomic E-state index is 12.7. The lowest BCUT2D eigenvalue weighted by Crippen LogP contribution is -2.48. The van der Waals surface area contributed by atoms with E-state index in [4.69, 9.17) is 0 Å². The summed E-state index contributed by atoms with van der Waals surface area (Å²) in [5.74, 6) is 0.0748. The predicted octanol–water partition coefficient (Wildman–Crippen LogP) is 2.42. The van der Waals surface area contributed by atoms with Gasteiger partial charge < -0.3 is 14.2 Å². The van der Waals surface area contributed by atoms with Gasteiger partial charge in [-0.2, -0.15) is 0 Å². The number of rotatable bonds is 2. The van der Waals surface area contributed by atoms with Crippen molar-refractivity contribution in [3.8, 4) is 0 Å². The Morgan fingerprint density at radius 3 is 2.57 bits per heavy atom. The van der Waals surface area contributed by atoms with Crippen LogP contribution in [0.4, 0.5) is 0 Å². The molecule has 2 aliphatic rings. The molecule has 0 unspecified atom stereocenters. The summed E-state index contributed by atoms with van der Waals surface area (Å²) >= 11 is 0. The Morgan fingerprint density at radius 2 is 1.83 bits per heavy atom. The molecule has 2 aliphatic heterocycles. The molecule has 2 fully saturated rings. The van der Waals surface area contributed by atoms with Crippen molar-refractivity contribution in [2.75, 3.05) is 26.2 Å². The molecule has 0 radical (unpaired) electrons. The van der Waals surface area contributed by atoms with Crippen LogP contribution in [0, 0.1) is 0 Å². The molecule has 122 valence electrons. The largest absolute Gasteiger partial charge is 0.337 e. The zero-order valence-corrected chi connectivity index (χ0v) is 13.5. The molecule has 2 aromatic rings. The third-order valence-electron chi connectivity index (χ3n) is 5.24. The molecule has 0 spiro atoms. The minimum atomic E-state index is 0.0748. The van der Waals surface area contributed by atoms with Gasteiger partial charge in [0, 0.05) is 31.5 Å². The van der Waals surface area contributed by atoms with Gasteiger partial charge >= 0.3 is 0 Å². The molecule has 5 nitrogen and oxygen atoms in total. The van der Waals surface area contributed by atoms with E-state index in [1.54, 1.807) is 0 Å². The highest BCUT2D eigenvalue weighted by molar-refractivity contribution is 5.93. The number of hydrogen-bond acceptors (Lipinski definition) is 3. The molecule has 2 aromatic heterocycles. The van der Waals surface area contributed by atoms with Gasteiger partial charge in [0.05, 0.1) is 0 Å². The highest BCUT2D eigenvalue weighted by Gasteiger charge is 2.28. The summed E-state index contributed by atoms with van der Waals surface area (Å²) < 4.78 is 1.91. The molecule has 0 atom stereocenters. The van der Waals surface area contributed by atoms with Crippen molar-refractivity contribution >= 4 is 11.6 Å². The lowest BCUT2D eigenvalue weighted by molar-refractivity contribution is 0.0585. The Morgan fingerprint density at radius 1 is 1.04 bits per heavy atom. The number of hydrogen-bond donors (Lipinski definition) is 0. The average molecular weight is 312 g/mol. The Kier molecular flexibility index (Phi) is 4.04. The summed E-state index contributed by atoms with van der Waals surface area (Å²) in [5, 5.41) is 0. The molecule has 0 aromatic carbocycles. The smallest absolute Gasteiger partial charge is 0.274 e. The van der Waals surface area contributed by atoms with Gasteiger partial charge in [-0.3, -0.25) is 4.79 Å². The lowest BCUT2D eigenvalue weighted by Gasteiger charge is -2.40. The number of pyridine rings is 1. The first-order valence-corrected chi connectivity index (χ1v) is 8.78. The SMILES string of the molecule is O=C(c1cn2ccccc2n1)N1CCC(N2CCCCC2)CC1. The zero-order valence-electron chi connectivity index (χ0n) is 13.5. The van der Waals surface area contributed by atoms with Crippen LogP contribution in [0.2, 0.25) is 0 Å². The fraction of sp³-hybridized carbons (Fsp3) is 0.556. The van der Waals surface area contributed by atoms with Crippen LogP contribution in [-0.2, 0) is 0 Å². The number of nitrogens with zero attached hydrogens (tertiary/aromatic N) is 4. The lowest BCUT2D eigenvalue weighted by atomic mass is 10.00. The first-order valence-electron chi connectivity index (χ1n) is 8.78. The third-order valence-corrected chi connectivity index (χ3v) is 5.24. The second-order valence-electron chi connectivity index (χ2n) is 6.71. The molecule has 0 N–H and O–H groups in total. The van der Waals surface area contributed by atoms with Crippen LogP contribution in [-0.4, -0.2) is 57.3 Å². The van der Waals surface area contributed by atoms with Crippen molar-refractivity contribution in [1.29, 1.82) is 0 Å². The van der Waals surface area contributed by atoms with Gasteiger partial charge in [-0.05, 0) is 50.9 Å². The second-order valence-corrected chi connectivity index (χ2v) is 6.71. The summed E-state index contributed by atoms with van der Waals surface area (Å²) in [7, 11) is 0. The predicted molar refractivity (Wildman–Crippen MR) is 89.5 cm³/mol. The highest BCUT2D eigenvalue weighted by Crippen LogP contribution is 2.22. The van der Waals surface area contributed by atoms with Gasteiger partial charge in [-0.25, -0.2) is 4.98 Å². The van der Waals surface area contributed by atoms with Gasteiger partial charge in [0.15, 0.2) is 0 Å². The second kappa shape index (κ2) is 6.32. The number of imidazole rings is 1. The Labute approximate surface area is 136 Å². The van der Waals surface area contributed by atoms with E-state index in [-0.39, 0.29) is 5.91 Å². The molecule has 4 rings (SSSR count). The normalized spacial score (nSPS) is 21.0. The van der Waals surface area contributed by atoms with E-state index in [2.05, 4.69) is 9.88 Å². The van der Waals surface area contributed by atoms with Crippen molar-refractivity contribution in [2.24, 2.45) is 0 Å². The van der Waals surface area contributed by atoms with Gasteiger partial charge in [0.1, 0.15) is 11.3 Å². The van der Waals surface area contributed by atoms with Gasteiger partial charge in [0.25, 0.3) is 5.91 Å². The fourth-order valence-corrected chi connectivity index (χ4v) is 3.92. The number of amides is 1. The highest BCUT2D eigenvalue weighted by atomic mass is 16.2. The molecule has 0 saturated carbocycles. The number of piperidine rings is 2. The summed E-state index contributed by atoms with van der Waals surface area (Å²) in [5.41, 5.74) is 1.40. The number of likely N-dealkylation sites (tertiary alicyclic amines) is 2. The molecular weight excluding hydrogens is 288 g/mol. The van der Waals surface area contributed by atoms with Gasteiger partial charge in [-0.1, -0.05) is 12.5 Å². The number of fused-ring (bicyclic) bond motifs is 1. The maximum absolute atomic E-state index is 12.7. The van der Waals surface area contributed by atoms with E-state index >= 15 is 0 Å². The van der Waals surface area contributed by atoms with Crippen molar-refractivity contribution < 1.29 is 4.79 Å². The van der Waals surface area contributed by atoms with Crippen molar-refractivity contribution in [3.63, 3.8) is 0 Å². The summed E-state index contributed by atoms with van der Waals surface area (Å²) in [6, 6.07) is 6.49. The first-order chi connectivity index (χ1) is 11.3. The maximum Gasteiger partial charge on any atom is 0.274 e. The van der Waals surface area contributed by atoms with Crippen molar-refractivity contribution in [3.05, 3.63) is 36.3 Å². The Balaban J connectivity index is 1.40. The molecule has 1 amide bonds. The van der Waals surface area contributed by atoms with E-state index in [0.29, 0.717) is 11.7 Å². The topological polar surface area (TPSA) is 40.9 Å². The number of carbonyl (C=O) groups excluding carboxylic acids is 1. The molecular formula is C18H24N4O. The van der Waals surface area contributed by atoms with Crippen LogP contribution >= 0.6 is 0 Å². The molecule has 4 heterocycles. The van der Waals surface area contributed by atoms with Gasteiger partial charge in [-0.15, -0.1) is 0 Å². The molecule has 23 heavy (non-hydrogen) atoms. The summed E-state index contributed by atoms with van der Waals surface area (Å²) in [4.78, 5) is 21.8. The Bertz CT molecular complexity index is 648. The minimum absolute atomic E-state index is 0.0748. The van der Waals surface area contributed by atoms with Crippen LogP contribution in [0.5, 0.6) is 0 Å². The Hall–Kier alpha value is -1.88. The van der Waals surface area contributed by atoms with Crippen LogP contribution in [0.3, 0.4) is 0 Å². The van der Waals surface area contributed by atoms with Crippen LogP contribution in [0.25, 0.3) is 5.65 Å².